The summed E-state index contributed by atoms with van der Waals surface area (Å²) in [5, 5.41) is 13.2. The van der Waals surface area contributed by atoms with Gasteiger partial charge in [0.25, 0.3) is 0 Å². The fourth-order valence-electron chi connectivity index (χ4n) is 6.25. The monoisotopic (exact) mass is 477 g/mol. The van der Waals surface area contributed by atoms with E-state index in [0.717, 1.165) is 37.2 Å². The molecular weight excluding hydrogens is 446 g/mol. The Labute approximate surface area is 204 Å². The first kappa shape index (κ1) is 22.4. The molecule has 6 rings (SSSR count). The van der Waals surface area contributed by atoms with Gasteiger partial charge in [0.1, 0.15) is 12.1 Å². The second-order valence-corrected chi connectivity index (χ2v) is 10.7. The molecule has 2 fully saturated rings. The number of hydrogen-bond donors (Lipinski definition) is 2. The molecule has 2 N–H and O–H groups in total. The minimum atomic E-state index is -0.482. The van der Waals surface area contributed by atoms with E-state index in [1.54, 1.807) is 11.0 Å². The maximum atomic E-state index is 13.3. The number of nitrogens with zero attached hydrogens (tertiary/aromatic N) is 2. The first-order valence-corrected chi connectivity index (χ1v) is 12.4. The molecule has 35 heavy (non-hydrogen) atoms. The van der Waals surface area contributed by atoms with Gasteiger partial charge < -0.3 is 19.9 Å². The van der Waals surface area contributed by atoms with Crippen molar-refractivity contribution in [2.75, 3.05) is 36.4 Å². The third kappa shape index (κ3) is 3.85. The first-order valence-electron chi connectivity index (χ1n) is 12.4. The number of rotatable bonds is 2. The number of ether oxygens (including phenoxy) is 2. The third-order valence-corrected chi connectivity index (χ3v) is 8.01. The number of aromatic hydroxyl groups is 1. The maximum Gasteiger partial charge on any atom is 0.244 e. The summed E-state index contributed by atoms with van der Waals surface area (Å²) in [5.41, 5.74) is 1.87. The number of hydrogen-bond acceptors (Lipinski definition) is 6. The molecule has 184 valence electrons. The number of likely N-dealkylation sites (tertiary alicyclic amines) is 1. The number of benzene rings is 2. The van der Waals surface area contributed by atoms with Crippen LogP contribution in [0.1, 0.15) is 38.4 Å². The molecule has 2 aromatic rings. The maximum absolute atomic E-state index is 13.3. The second-order valence-electron chi connectivity index (χ2n) is 10.7. The molecule has 8 nitrogen and oxygen atoms in total. The summed E-state index contributed by atoms with van der Waals surface area (Å²) < 4.78 is 12.9. The van der Waals surface area contributed by atoms with Gasteiger partial charge in [0.05, 0.1) is 30.1 Å². The van der Waals surface area contributed by atoms with Crippen molar-refractivity contribution in [1.29, 1.82) is 0 Å². The molecule has 0 aliphatic carbocycles. The molecule has 0 radical (unpaired) electrons. The number of para-hydroxylation sites is 3. The SMILES string of the molecule is CC1(C)Oc2c(O)cccc2[C@@H]2O[C@@H]3CCN(CC(=O)N4CC(=O)Nc5ccccc54)C[C@@H]3C[C@H]21. The highest BCUT2D eigenvalue weighted by molar-refractivity contribution is 6.10. The van der Waals surface area contributed by atoms with Crippen molar-refractivity contribution in [3.63, 3.8) is 0 Å². The van der Waals surface area contributed by atoms with Crippen LogP contribution in [0, 0.1) is 11.8 Å². The minimum Gasteiger partial charge on any atom is -0.504 e. The summed E-state index contributed by atoms with van der Waals surface area (Å²) in [4.78, 5) is 29.2. The Bertz CT molecular complexity index is 1180. The predicted molar refractivity (Wildman–Crippen MR) is 131 cm³/mol. The van der Waals surface area contributed by atoms with Crippen molar-refractivity contribution < 1.29 is 24.2 Å². The van der Waals surface area contributed by atoms with Gasteiger partial charge in [0.15, 0.2) is 11.5 Å². The number of piperidine rings is 1. The summed E-state index contributed by atoms with van der Waals surface area (Å²) >= 11 is 0. The van der Waals surface area contributed by atoms with E-state index in [1.807, 2.05) is 36.4 Å². The average Bonchev–Trinajstić information content (AvgIpc) is 2.83. The molecule has 0 bridgehead atoms. The highest BCUT2D eigenvalue weighted by Gasteiger charge is 2.52. The van der Waals surface area contributed by atoms with Gasteiger partial charge in [-0.3, -0.25) is 19.4 Å². The molecular formula is C27H31N3O5. The van der Waals surface area contributed by atoms with Gasteiger partial charge in [-0.15, -0.1) is 0 Å². The Morgan fingerprint density at radius 2 is 2.03 bits per heavy atom. The van der Waals surface area contributed by atoms with E-state index >= 15 is 0 Å². The summed E-state index contributed by atoms with van der Waals surface area (Å²) in [5.74, 6) is 0.884. The van der Waals surface area contributed by atoms with Crippen molar-refractivity contribution in [3.05, 3.63) is 48.0 Å². The fraction of sp³-hybridized carbons (Fsp3) is 0.481. The lowest BCUT2D eigenvalue weighted by molar-refractivity contribution is -0.187. The number of carbonyl (C=O) groups is 2. The minimum absolute atomic E-state index is 0.0421. The van der Waals surface area contributed by atoms with E-state index in [2.05, 4.69) is 24.1 Å². The van der Waals surface area contributed by atoms with Crippen LogP contribution in [0.25, 0.3) is 0 Å². The Morgan fingerprint density at radius 1 is 1.20 bits per heavy atom. The highest BCUT2D eigenvalue weighted by atomic mass is 16.5. The zero-order chi connectivity index (χ0) is 24.3. The van der Waals surface area contributed by atoms with Crippen LogP contribution in [0.15, 0.2) is 42.5 Å². The van der Waals surface area contributed by atoms with Crippen LogP contribution in [0.5, 0.6) is 11.5 Å². The van der Waals surface area contributed by atoms with Gasteiger partial charge in [-0.05, 0) is 50.8 Å². The Morgan fingerprint density at radius 3 is 2.89 bits per heavy atom. The highest BCUT2D eigenvalue weighted by Crippen LogP contribution is 2.54. The number of amides is 2. The summed E-state index contributed by atoms with van der Waals surface area (Å²) in [6.45, 7) is 5.97. The summed E-state index contributed by atoms with van der Waals surface area (Å²) in [6, 6.07) is 12.9. The van der Waals surface area contributed by atoms with Gasteiger partial charge in [-0.2, -0.15) is 0 Å². The topological polar surface area (TPSA) is 91.3 Å². The Kier molecular flexibility index (Phi) is 5.27. The number of phenols is 1. The van der Waals surface area contributed by atoms with Crippen molar-refractivity contribution in [2.45, 2.75) is 44.5 Å². The van der Waals surface area contributed by atoms with Crippen molar-refractivity contribution >= 4 is 23.2 Å². The molecule has 2 saturated heterocycles. The molecule has 0 spiro atoms. The normalized spacial score (nSPS) is 29.1. The first-order chi connectivity index (χ1) is 16.8. The lowest BCUT2D eigenvalue weighted by atomic mass is 9.70. The van der Waals surface area contributed by atoms with Gasteiger partial charge in [0, 0.05) is 24.6 Å². The standard InChI is InChI=1S/C27H31N3O5/c1-27(2)18-12-16-13-29(15-24(33)30-14-23(32)28-19-7-3-4-8-20(19)30)11-10-22(16)34-25(18)17-6-5-9-21(31)26(17)35-27/h3-9,16,18,22,25,31H,10-15H2,1-2H3,(H,28,32)/t16-,18+,22+,25-/m0/s1. The van der Waals surface area contributed by atoms with Crippen LogP contribution in [0.3, 0.4) is 0 Å². The van der Waals surface area contributed by atoms with Crippen molar-refractivity contribution in [1.82, 2.24) is 4.90 Å². The van der Waals surface area contributed by atoms with E-state index in [0.29, 0.717) is 11.4 Å². The second kappa shape index (κ2) is 8.24. The smallest absolute Gasteiger partial charge is 0.244 e. The lowest BCUT2D eigenvalue weighted by Crippen LogP contribution is -2.56. The molecule has 4 aliphatic rings. The van der Waals surface area contributed by atoms with E-state index in [9.17, 15) is 14.7 Å². The van der Waals surface area contributed by atoms with Crippen LogP contribution < -0.4 is 15.0 Å². The molecule has 0 unspecified atom stereocenters. The number of anilines is 2. The van der Waals surface area contributed by atoms with Crippen LogP contribution in [0.4, 0.5) is 11.4 Å². The number of carbonyl (C=O) groups excluding carboxylic acids is 2. The molecule has 0 saturated carbocycles. The third-order valence-electron chi connectivity index (χ3n) is 8.01. The molecule has 2 amide bonds. The van der Waals surface area contributed by atoms with Gasteiger partial charge in [0.2, 0.25) is 11.8 Å². The summed E-state index contributed by atoms with van der Waals surface area (Å²) in [6.07, 6.45) is 1.76. The van der Waals surface area contributed by atoms with Crippen molar-refractivity contribution in [2.24, 2.45) is 11.8 Å². The molecule has 4 heterocycles. The Balaban J connectivity index is 1.17. The lowest BCUT2D eigenvalue weighted by Gasteiger charge is -2.53. The fourth-order valence-corrected chi connectivity index (χ4v) is 6.25. The van der Waals surface area contributed by atoms with E-state index in [-0.39, 0.29) is 54.7 Å². The number of fused-ring (bicyclic) bond motifs is 5. The quantitative estimate of drug-likeness (QED) is 0.690. The molecule has 4 atom stereocenters. The zero-order valence-electron chi connectivity index (χ0n) is 20.1. The van der Waals surface area contributed by atoms with E-state index < -0.39 is 5.60 Å². The van der Waals surface area contributed by atoms with Crippen LogP contribution in [-0.4, -0.2) is 59.7 Å². The zero-order valence-corrected chi connectivity index (χ0v) is 20.1. The van der Waals surface area contributed by atoms with Crippen LogP contribution >= 0.6 is 0 Å². The van der Waals surface area contributed by atoms with E-state index in [1.165, 1.54) is 0 Å². The molecule has 8 heteroatoms. The van der Waals surface area contributed by atoms with Gasteiger partial charge in [-0.25, -0.2) is 0 Å². The van der Waals surface area contributed by atoms with Crippen molar-refractivity contribution in [3.8, 4) is 11.5 Å². The number of phenolic OH excluding ortho intramolecular Hbond substituents is 1. The molecule has 4 aliphatic heterocycles. The average molecular weight is 478 g/mol. The predicted octanol–water partition coefficient (Wildman–Crippen LogP) is 3.32. The largest absolute Gasteiger partial charge is 0.504 e. The van der Waals surface area contributed by atoms with E-state index in [4.69, 9.17) is 9.47 Å². The summed E-state index contributed by atoms with van der Waals surface area (Å²) in [7, 11) is 0. The van der Waals surface area contributed by atoms with Gasteiger partial charge in [-0.1, -0.05) is 24.3 Å². The van der Waals surface area contributed by atoms with Gasteiger partial charge >= 0.3 is 0 Å². The molecule has 0 aromatic heterocycles. The molecule has 2 aromatic carbocycles. The Hall–Kier alpha value is -3.10. The number of nitrogens with one attached hydrogen (secondary N) is 1. The van der Waals surface area contributed by atoms with Crippen LogP contribution in [-0.2, 0) is 14.3 Å². The van der Waals surface area contributed by atoms with Crippen LogP contribution in [0.2, 0.25) is 0 Å².